The van der Waals surface area contributed by atoms with Gasteiger partial charge in [0.15, 0.2) is 0 Å². The van der Waals surface area contributed by atoms with Gasteiger partial charge >= 0.3 is 0 Å². The Morgan fingerprint density at radius 2 is 1.89 bits per heavy atom. The lowest BCUT2D eigenvalue weighted by Crippen LogP contribution is -2.00. The zero-order valence-corrected chi connectivity index (χ0v) is 10.6. The molecule has 0 aliphatic heterocycles. The maximum absolute atomic E-state index is 4.22. The van der Waals surface area contributed by atoms with Crippen LogP contribution < -0.4 is 0 Å². The second-order valence-electron chi connectivity index (χ2n) is 4.58. The summed E-state index contributed by atoms with van der Waals surface area (Å²) in [7, 11) is 0. The van der Waals surface area contributed by atoms with Crippen molar-refractivity contribution in [3.63, 3.8) is 0 Å². The van der Waals surface area contributed by atoms with Crippen LogP contribution in [-0.4, -0.2) is 15.0 Å². The molecule has 1 aromatic heterocycles. The molecule has 3 nitrogen and oxygen atoms in total. The Morgan fingerprint density at radius 1 is 1.16 bits per heavy atom. The summed E-state index contributed by atoms with van der Waals surface area (Å²) in [6.07, 6.45) is 12.2. The molecule has 0 amide bonds. The quantitative estimate of drug-likeness (QED) is 0.833. The highest BCUT2D eigenvalue weighted by molar-refractivity contribution is 5.47. The Bertz CT molecular complexity index is 620. The largest absolute Gasteiger partial charge is 0.248 e. The molecule has 0 unspecified atom stereocenters. The van der Waals surface area contributed by atoms with Crippen molar-refractivity contribution >= 4 is 6.08 Å². The molecular weight excluding hydrogens is 234 g/mol. The van der Waals surface area contributed by atoms with Crippen LogP contribution in [-0.2, 0) is 6.54 Å². The maximum atomic E-state index is 4.22. The predicted octanol–water partition coefficient (Wildman–Crippen LogP) is 3.18. The van der Waals surface area contributed by atoms with E-state index in [1.807, 2.05) is 29.1 Å². The van der Waals surface area contributed by atoms with Crippen LogP contribution in [0.2, 0.25) is 0 Å². The molecule has 0 N–H and O–H groups in total. The Labute approximate surface area is 112 Å². The van der Waals surface area contributed by atoms with Crippen LogP contribution in [0.15, 0.2) is 61.3 Å². The first-order chi connectivity index (χ1) is 9.35. The fourth-order valence-electron chi connectivity index (χ4n) is 2.12. The van der Waals surface area contributed by atoms with Crippen molar-refractivity contribution in [3.05, 3.63) is 78.2 Å². The van der Waals surface area contributed by atoms with E-state index in [1.165, 1.54) is 5.56 Å². The van der Waals surface area contributed by atoms with Crippen LogP contribution in [0.1, 0.15) is 22.7 Å². The normalized spacial score (nSPS) is 14.1. The van der Waals surface area contributed by atoms with Crippen LogP contribution in [0.3, 0.4) is 0 Å². The first kappa shape index (κ1) is 11.7. The van der Waals surface area contributed by atoms with E-state index in [2.05, 4.69) is 53.3 Å². The Kier molecular flexibility index (Phi) is 3.11. The summed E-state index contributed by atoms with van der Waals surface area (Å²) in [5.74, 6) is 0.275. The van der Waals surface area contributed by atoms with Gasteiger partial charge in [-0.1, -0.05) is 66.4 Å². The van der Waals surface area contributed by atoms with Crippen molar-refractivity contribution in [2.24, 2.45) is 0 Å². The van der Waals surface area contributed by atoms with E-state index in [9.17, 15) is 0 Å². The molecule has 1 aliphatic carbocycles. The SMILES string of the molecule is C=Cc1ccc(Cn2cc(C3C=CC=C3)nn2)cc1. The van der Waals surface area contributed by atoms with Gasteiger partial charge in [-0.25, -0.2) is 4.68 Å². The van der Waals surface area contributed by atoms with Crippen LogP contribution in [0.4, 0.5) is 0 Å². The van der Waals surface area contributed by atoms with E-state index < -0.39 is 0 Å². The van der Waals surface area contributed by atoms with Crippen molar-refractivity contribution in [2.45, 2.75) is 12.5 Å². The molecule has 0 fully saturated rings. The number of nitrogens with zero attached hydrogens (tertiary/aromatic N) is 3. The standard InChI is InChI=1S/C16H15N3/c1-2-13-7-9-14(10-8-13)11-19-12-16(17-18-19)15-5-3-4-6-15/h2-10,12,15H,1,11H2. The van der Waals surface area contributed by atoms with Gasteiger partial charge in [0.2, 0.25) is 0 Å². The molecule has 1 aliphatic rings. The zero-order valence-electron chi connectivity index (χ0n) is 10.6. The second kappa shape index (κ2) is 5.06. The Morgan fingerprint density at radius 3 is 2.58 bits per heavy atom. The number of allylic oxidation sites excluding steroid dienone is 4. The van der Waals surface area contributed by atoms with Crippen molar-refractivity contribution in [1.29, 1.82) is 0 Å². The van der Waals surface area contributed by atoms with E-state index in [4.69, 9.17) is 0 Å². The van der Waals surface area contributed by atoms with Gasteiger partial charge in [-0.3, -0.25) is 0 Å². The number of benzene rings is 1. The second-order valence-corrected chi connectivity index (χ2v) is 4.58. The van der Waals surface area contributed by atoms with E-state index in [-0.39, 0.29) is 5.92 Å². The van der Waals surface area contributed by atoms with Gasteiger partial charge in [0.25, 0.3) is 0 Å². The molecule has 2 aromatic rings. The van der Waals surface area contributed by atoms with Gasteiger partial charge < -0.3 is 0 Å². The van der Waals surface area contributed by atoms with E-state index in [0.717, 1.165) is 17.8 Å². The first-order valence-corrected chi connectivity index (χ1v) is 6.31. The molecule has 0 radical (unpaired) electrons. The minimum atomic E-state index is 0.275. The minimum Gasteiger partial charge on any atom is -0.248 e. The predicted molar refractivity (Wildman–Crippen MR) is 76.7 cm³/mol. The van der Waals surface area contributed by atoms with Crippen molar-refractivity contribution in [3.8, 4) is 0 Å². The summed E-state index contributed by atoms with van der Waals surface area (Å²) in [4.78, 5) is 0. The molecule has 0 saturated heterocycles. The van der Waals surface area contributed by atoms with Gasteiger partial charge in [0, 0.05) is 12.1 Å². The van der Waals surface area contributed by atoms with Crippen molar-refractivity contribution in [1.82, 2.24) is 15.0 Å². The average molecular weight is 249 g/mol. The third kappa shape index (κ3) is 2.55. The van der Waals surface area contributed by atoms with Gasteiger partial charge in [0.05, 0.1) is 12.2 Å². The zero-order chi connectivity index (χ0) is 13.1. The third-order valence-corrected chi connectivity index (χ3v) is 3.21. The Balaban J connectivity index is 1.74. The first-order valence-electron chi connectivity index (χ1n) is 6.31. The summed E-state index contributed by atoms with van der Waals surface area (Å²) in [6.45, 7) is 4.49. The molecule has 3 heteroatoms. The maximum Gasteiger partial charge on any atom is 0.0933 e. The number of hydrogen-bond acceptors (Lipinski definition) is 2. The Hall–Kier alpha value is -2.42. The summed E-state index contributed by atoms with van der Waals surface area (Å²) >= 11 is 0. The highest BCUT2D eigenvalue weighted by Gasteiger charge is 2.11. The number of rotatable bonds is 4. The molecule has 0 spiro atoms. The summed E-state index contributed by atoms with van der Waals surface area (Å²) in [6, 6.07) is 8.30. The third-order valence-electron chi connectivity index (χ3n) is 3.21. The van der Waals surface area contributed by atoms with Crippen molar-refractivity contribution in [2.75, 3.05) is 0 Å². The smallest absolute Gasteiger partial charge is 0.0933 e. The highest BCUT2D eigenvalue weighted by atomic mass is 15.4. The fourth-order valence-corrected chi connectivity index (χ4v) is 2.12. The van der Waals surface area contributed by atoms with Crippen molar-refractivity contribution < 1.29 is 0 Å². The summed E-state index contributed by atoms with van der Waals surface area (Å²) < 4.78 is 1.87. The van der Waals surface area contributed by atoms with E-state index in [1.54, 1.807) is 0 Å². The summed E-state index contributed by atoms with van der Waals surface area (Å²) in [5, 5.41) is 8.40. The van der Waals surface area contributed by atoms with Gasteiger partial charge in [-0.05, 0) is 11.1 Å². The van der Waals surface area contributed by atoms with Gasteiger partial charge in [0.1, 0.15) is 0 Å². The van der Waals surface area contributed by atoms with Crippen LogP contribution in [0, 0.1) is 0 Å². The molecule has 19 heavy (non-hydrogen) atoms. The monoisotopic (exact) mass is 249 g/mol. The molecule has 0 saturated carbocycles. The lowest BCUT2D eigenvalue weighted by Gasteiger charge is -2.01. The van der Waals surface area contributed by atoms with Crippen LogP contribution >= 0.6 is 0 Å². The van der Waals surface area contributed by atoms with E-state index >= 15 is 0 Å². The average Bonchev–Trinajstić information content (AvgIpc) is 3.10. The molecule has 1 heterocycles. The molecule has 0 atom stereocenters. The van der Waals surface area contributed by atoms with Gasteiger partial charge in [-0.2, -0.15) is 0 Å². The van der Waals surface area contributed by atoms with Gasteiger partial charge in [-0.15, -0.1) is 5.10 Å². The minimum absolute atomic E-state index is 0.275. The fraction of sp³-hybridized carbons (Fsp3) is 0.125. The highest BCUT2D eigenvalue weighted by Crippen LogP contribution is 2.20. The lowest BCUT2D eigenvalue weighted by molar-refractivity contribution is 0.649. The molecule has 1 aromatic carbocycles. The topological polar surface area (TPSA) is 30.7 Å². The van der Waals surface area contributed by atoms with Crippen LogP contribution in [0.25, 0.3) is 6.08 Å². The summed E-state index contributed by atoms with van der Waals surface area (Å²) in [5.41, 5.74) is 3.33. The molecule has 94 valence electrons. The lowest BCUT2D eigenvalue weighted by atomic mass is 10.1. The van der Waals surface area contributed by atoms with E-state index in [0.29, 0.717) is 0 Å². The number of hydrogen-bond donors (Lipinski definition) is 0. The molecule has 3 rings (SSSR count). The molecular formula is C16H15N3. The van der Waals surface area contributed by atoms with Crippen LogP contribution in [0.5, 0.6) is 0 Å². The molecule has 0 bridgehead atoms. The number of aromatic nitrogens is 3.